The summed E-state index contributed by atoms with van der Waals surface area (Å²) in [6.45, 7) is 5.41. The van der Waals surface area contributed by atoms with Gasteiger partial charge in [-0.1, -0.05) is 6.92 Å². The van der Waals surface area contributed by atoms with Crippen molar-refractivity contribution < 1.29 is 4.74 Å². The number of aryl methyl sites for hydroxylation is 2. The lowest BCUT2D eigenvalue weighted by Crippen LogP contribution is -2.43. The van der Waals surface area contributed by atoms with Gasteiger partial charge in [-0.3, -0.25) is 0 Å². The molecule has 1 unspecified atom stereocenters. The molecule has 0 spiro atoms. The molecule has 1 aromatic heterocycles. The zero-order valence-electron chi connectivity index (χ0n) is 12.4. The van der Waals surface area contributed by atoms with Crippen LogP contribution in [0.3, 0.4) is 0 Å². The second-order valence-electron chi connectivity index (χ2n) is 5.84. The number of morpholine rings is 1. The Morgan fingerprint density at radius 3 is 3.05 bits per heavy atom. The summed E-state index contributed by atoms with van der Waals surface area (Å²) in [7, 11) is 0. The number of nitrogens with two attached hydrogens (primary N) is 1. The molecule has 1 fully saturated rings. The zero-order valence-corrected chi connectivity index (χ0v) is 12.4. The predicted molar refractivity (Wildman–Crippen MR) is 81.0 cm³/mol. The van der Waals surface area contributed by atoms with Crippen LogP contribution < -0.4 is 10.6 Å². The van der Waals surface area contributed by atoms with Gasteiger partial charge in [0.1, 0.15) is 5.82 Å². The molecule has 1 aliphatic carbocycles. The van der Waals surface area contributed by atoms with Gasteiger partial charge in [-0.25, -0.2) is 4.98 Å². The van der Waals surface area contributed by atoms with E-state index in [1.165, 1.54) is 29.7 Å². The molecule has 110 valence electrons. The van der Waals surface area contributed by atoms with Gasteiger partial charge in [0.25, 0.3) is 0 Å². The van der Waals surface area contributed by atoms with Crippen molar-refractivity contribution in [3.05, 3.63) is 22.9 Å². The molecule has 1 aromatic rings. The van der Waals surface area contributed by atoms with Gasteiger partial charge in [0.15, 0.2) is 0 Å². The Labute approximate surface area is 121 Å². The van der Waals surface area contributed by atoms with E-state index >= 15 is 0 Å². The van der Waals surface area contributed by atoms with E-state index in [0.717, 1.165) is 44.8 Å². The van der Waals surface area contributed by atoms with E-state index in [1.54, 1.807) is 0 Å². The maximum absolute atomic E-state index is 5.96. The molecular formula is C16H25N3O. The maximum Gasteiger partial charge on any atom is 0.133 e. The van der Waals surface area contributed by atoms with Crippen LogP contribution in [0.4, 0.5) is 5.82 Å². The second-order valence-corrected chi connectivity index (χ2v) is 5.84. The van der Waals surface area contributed by atoms with Gasteiger partial charge >= 0.3 is 0 Å². The topological polar surface area (TPSA) is 51.4 Å². The molecule has 4 heteroatoms. The summed E-state index contributed by atoms with van der Waals surface area (Å²) in [5.41, 5.74) is 9.87. The average Bonchev–Trinajstić information content (AvgIpc) is 2.53. The first-order valence-electron chi connectivity index (χ1n) is 7.90. The first-order valence-corrected chi connectivity index (χ1v) is 7.90. The molecule has 2 aliphatic rings. The summed E-state index contributed by atoms with van der Waals surface area (Å²) in [6, 6.07) is 2.30. The number of nitrogens with zero attached hydrogens (tertiary/aromatic N) is 2. The minimum Gasteiger partial charge on any atom is -0.375 e. The molecule has 2 N–H and O–H groups in total. The van der Waals surface area contributed by atoms with E-state index in [-0.39, 0.29) is 0 Å². The van der Waals surface area contributed by atoms with Crippen LogP contribution in [0.25, 0.3) is 0 Å². The Hall–Kier alpha value is -1.13. The lowest BCUT2D eigenvalue weighted by Gasteiger charge is -2.35. The van der Waals surface area contributed by atoms with Crippen molar-refractivity contribution in [2.24, 2.45) is 5.73 Å². The van der Waals surface area contributed by atoms with E-state index in [2.05, 4.69) is 17.9 Å². The number of aromatic nitrogens is 1. The monoisotopic (exact) mass is 275 g/mol. The van der Waals surface area contributed by atoms with Crippen LogP contribution in [-0.2, 0) is 24.1 Å². The number of pyridine rings is 1. The van der Waals surface area contributed by atoms with Crippen LogP contribution >= 0.6 is 0 Å². The molecular weight excluding hydrogens is 250 g/mol. The van der Waals surface area contributed by atoms with Crippen molar-refractivity contribution in [3.8, 4) is 0 Å². The van der Waals surface area contributed by atoms with Gasteiger partial charge in [-0.15, -0.1) is 0 Å². The third kappa shape index (κ3) is 2.67. The van der Waals surface area contributed by atoms with Crippen molar-refractivity contribution in [2.45, 2.75) is 51.7 Å². The number of anilines is 1. The quantitative estimate of drug-likeness (QED) is 0.917. The fourth-order valence-corrected chi connectivity index (χ4v) is 3.25. The molecule has 4 nitrogen and oxygen atoms in total. The molecule has 0 bridgehead atoms. The number of ether oxygens (including phenoxy) is 1. The Kier molecular flexibility index (Phi) is 4.22. The number of hydrogen-bond acceptors (Lipinski definition) is 4. The molecule has 1 saturated heterocycles. The Morgan fingerprint density at radius 2 is 2.25 bits per heavy atom. The minimum atomic E-state index is 0.326. The molecule has 0 radical (unpaired) electrons. The van der Waals surface area contributed by atoms with Crippen LogP contribution in [-0.4, -0.2) is 30.8 Å². The number of hydrogen-bond donors (Lipinski definition) is 1. The third-order valence-corrected chi connectivity index (χ3v) is 4.47. The van der Waals surface area contributed by atoms with Crippen LogP contribution in [0.15, 0.2) is 6.07 Å². The predicted octanol–water partition coefficient (Wildman–Crippen LogP) is 2.03. The van der Waals surface area contributed by atoms with Crippen molar-refractivity contribution in [1.29, 1.82) is 0 Å². The maximum atomic E-state index is 5.96. The summed E-state index contributed by atoms with van der Waals surface area (Å²) < 4.78 is 5.76. The highest BCUT2D eigenvalue weighted by atomic mass is 16.5. The summed E-state index contributed by atoms with van der Waals surface area (Å²) >= 11 is 0. The lowest BCUT2D eigenvalue weighted by molar-refractivity contribution is 0.0381. The van der Waals surface area contributed by atoms with Gasteiger partial charge in [-0.05, 0) is 43.7 Å². The van der Waals surface area contributed by atoms with Crippen molar-refractivity contribution >= 4 is 5.82 Å². The molecule has 1 atom stereocenters. The van der Waals surface area contributed by atoms with Crippen molar-refractivity contribution in [3.63, 3.8) is 0 Å². The van der Waals surface area contributed by atoms with E-state index < -0.39 is 0 Å². The molecule has 0 amide bonds. The first kappa shape index (κ1) is 13.8. The first-order chi connectivity index (χ1) is 9.81. The largest absolute Gasteiger partial charge is 0.375 e. The van der Waals surface area contributed by atoms with Crippen molar-refractivity contribution in [1.82, 2.24) is 4.98 Å². The van der Waals surface area contributed by atoms with E-state index in [1.807, 2.05) is 0 Å². The van der Waals surface area contributed by atoms with E-state index in [0.29, 0.717) is 12.6 Å². The van der Waals surface area contributed by atoms with Gasteiger partial charge in [0.05, 0.1) is 12.7 Å². The van der Waals surface area contributed by atoms with Gasteiger partial charge in [0, 0.05) is 30.9 Å². The summed E-state index contributed by atoms with van der Waals surface area (Å²) in [5.74, 6) is 1.11. The average molecular weight is 275 g/mol. The van der Waals surface area contributed by atoms with Crippen LogP contribution in [0, 0.1) is 0 Å². The summed E-state index contributed by atoms with van der Waals surface area (Å²) in [5, 5.41) is 0. The SMILES string of the molecule is CCC1CN(c2nc3c(cc2CN)CCCC3)CCO1. The summed E-state index contributed by atoms with van der Waals surface area (Å²) in [6.07, 6.45) is 6.22. The highest BCUT2D eigenvalue weighted by molar-refractivity contribution is 5.51. The smallest absolute Gasteiger partial charge is 0.133 e. The van der Waals surface area contributed by atoms with Gasteiger partial charge in [-0.2, -0.15) is 0 Å². The molecule has 0 aromatic carbocycles. The standard InChI is InChI=1S/C16H25N3O/c1-2-14-11-19(7-8-20-14)16-13(10-17)9-12-5-3-4-6-15(12)18-16/h9,14H,2-8,10-11,17H2,1H3. The Bertz CT molecular complexity index is 475. The van der Waals surface area contributed by atoms with E-state index in [4.69, 9.17) is 15.5 Å². The molecule has 2 heterocycles. The van der Waals surface area contributed by atoms with Gasteiger partial charge in [0.2, 0.25) is 0 Å². The Balaban J connectivity index is 1.91. The lowest BCUT2D eigenvalue weighted by atomic mass is 9.94. The van der Waals surface area contributed by atoms with Crippen molar-refractivity contribution in [2.75, 3.05) is 24.6 Å². The van der Waals surface area contributed by atoms with E-state index in [9.17, 15) is 0 Å². The molecule has 3 rings (SSSR count). The van der Waals surface area contributed by atoms with Crippen LogP contribution in [0.1, 0.15) is 43.0 Å². The van der Waals surface area contributed by atoms with Crippen LogP contribution in [0.2, 0.25) is 0 Å². The van der Waals surface area contributed by atoms with Gasteiger partial charge < -0.3 is 15.4 Å². The molecule has 1 aliphatic heterocycles. The second kappa shape index (κ2) is 6.10. The number of rotatable bonds is 3. The highest BCUT2D eigenvalue weighted by Gasteiger charge is 2.23. The normalized spacial score (nSPS) is 22.7. The Morgan fingerprint density at radius 1 is 1.40 bits per heavy atom. The highest BCUT2D eigenvalue weighted by Crippen LogP contribution is 2.28. The van der Waals surface area contributed by atoms with Crippen LogP contribution in [0.5, 0.6) is 0 Å². The fourth-order valence-electron chi connectivity index (χ4n) is 3.25. The third-order valence-electron chi connectivity index (χ3n) is 4.47. The number of fused-ring (bicyclic) bond motifs is 1. The molecule has 20 heavy (non-hydrogen) atoms. The molecule has 0 saturated carbocycles. The zero-order chi connectivity index (χ0) is 13.9. The minimum absolute atomic E-state index is 0.326. The summed E-state index contributed by atoms with van der Waals surface area (Å²) in [4.78, 5) is 7.34. The fraction of sp³-hybridized carbons (Fsp3) is 0.688.